The van der Waals surface area contributed by atoms with E-state index in [0.29, 0.717) is 25.3 Å². The third-order valence-electron chi connectivity index (χ3n) is 9.24. The Bertz CT molecular complexity index is 1420. The van der Waals surface area contributed by atoms with Crippen molar-refractivity contribution in [2.45, 2.75) is 27.8 Å². The van der Waals surface area contributed by atoms with Crippen molar-refractivity contribution in [1.82, 2.24) is 4.90 Å². The van der Waals surface area contributed by atoms with Crippen LogP contribution in [0, 0.1) is 11.8 Å². The Morgan fingerprint density at radius 3 is 1.93 bits per heavy atom. The Balaban J connectivity index is 1.49. The second-order valence-corrected chi connectivity index (χ2v) is 12.3. The van der Waals surface area contributed by atoms with Crippen LogP contribution in [0.15, 0.2) is 115 Å². The molecule has 2 aliphatic rings. The SMILES string of the molecule is COc1ccccc1[C@]1(O)CCC(c2ccccc2)(c2ccccc2)[C@H]2CN(C(=O)C(I)c3ccccc3)C[C@H]21. The molecular weight excluding hydrogens is 609 g/mol. The zero-order chi connectivity index (χ0) is 27.7. The summed E-state index contributed by atoms with van der Waals surface area (Å²) >= 11 is 2.27. The topological polar surface area (TPSA) is 49.8 Å². The van der Waals surface area contributed by atoms with Crippen molar-refractivity contribution in [3.05, 3.63) is 138 Å². The van der Waals surface area contributed by atoms with Gasteiger partial charge < -0.3 is 14.7 Å². The molecule has 4 atom stereocenters. The highest BCUT2D eigenvalue weighted by Gasteiger charge is 2.61. The van der Waals surface area contributed by atoms with Gasteiger partial charge in [0.1, 0.15) is 9.67 Å². The van der Waals surface area contributed by atoms with Crippen molar-refractivity contribution in [3.63, 3.8) is 0 Å². The number of carbonyl (C=O) groups excluding carboxylic acids is 1. The molecule has 40 heavy (non-hydrogen) atoms. The summed E-state index contributed by atoms with van der Waals surface area (Å²) in [6.45, 7) is 1.07. The van der Waals surface area contributed by atoms with Gasteiger partial charge in [0.05, 0.1) is 12.7 Å². The van der Waals surface area contributed by atoms with Gasteiger partial charge in [-0.1, -0.05) is 132 Å². The summed E-state index contributed by atoms with van der Waals surface area (Å²) < 4.78 is 5.47. The summed E-state index contributed by atoms with van der Waals surface area (Å²) in [6, 6.07) is 39.2. The summed E-state index contributed by atoms with van der Waals surface area (Å²) in [4.78, 5) is 16.1. The number of ether oxygens (including phenoxy) is 1. The Morgan fingerprint density at radius 1 is 0.800 bits per heavy atom. The van der Waals surface area contributed by atoms with Gasteiger partial charge in [-0.2, -0.15) is 0 Å². The molecule has 0 radical (unpaired) electrons. The molecule has 4 nitrogen and oxygen atoms in total. The van der Waals surface area contributed by atoms with E-state index >= 15 is 0 Å². The highest BCUT2D eigenvalue weighted by molar-refractivity contribution is 14.1. The van der Waals surface area contributed by atoms with Gasteiger partial charge in [0, 0.05) is 30.0 Å². The van der Waals surface area contributed by atoms with Gasteiger partial charge in [0.25, 0.3) is 0 Å². The van der Waals surface area contributed by atoms with Gasteiger partial charge in [-0.15, -0.1) is 0 Å². The summed E-state index contributed by atoms with van der Waals surface area (Å²) in [5, 5.41) is 12.7. The number of nitrogens with zero attached hydrogens (tertiary/aromatic N) is 1. The molecule has 2 fully saturated rings. The maximum atomic E-state index is 14.1. The first-order chi connectivity index (χ1) is 19.5. The summed E-state index contributed by atoms with van der Waals surface area (Å²) in [5.74, 6) is 0.612. The van der Waals surface area contributed by atoms with E-state index in [-0.39, 0.29) is 27.1 Å². The molecule has 1 saturated carbocycles. The van der Waals surface area contributed by atoms with E-state index in [1.54, 1.807) is 7.11 Å². The maximum absolute atomic E-state index is 14.1. The Kier molecular flexibility index (Phi) is 7.44. The Morgan fingerprint density at radius 2 is 1.32 bits per heavy atom. The van der Waals surface area contributed by atoms with Gasteiger partial charge in [-0.05, 0) is 41.5 Å². The van der Waals surface area contributed by atoms with Crippen LogP contribution >= 0.6 is 22.6 Å². The van der Waals surface area contributed by atoms with E-state index in [1.165, 1.54) is 11.1 Å². The van der Waals surface area contributed by atoms with E-state index in [1.807, 2.05) is 59.5 Å². The number of likely N-dealkylation sites (tertiary alicyclic amines) is 1. The molecule has 1 amide bonds. The fourth-order valence-corrected chi connectivity index (χ4v) is 8.15. The van der Waals surface area contributed by atoms with Gasteiger partial charge >= 0.3 is 0 Å². The third kappa shape index (κ3) is 4.44. The summed E-state index contributed by atoms with van der Waals surface area (Å²) in [5.41, 5.74) is 2.81. The number of hydrogen-bond donors (Lipinski definition) is 1. The molecule has 4 aromatic rings. The molecule has 204 valence electrons. The molecule has 6 rings (SSSR count). The van der Waals surface area contributed by atoms with E-state index in [2.05, 4.69) is 83.3 Å². The van der Waals surface area contributed by atoms with Crippen LogP contribution in [0.2, 0.25) is 0 Å². The molecular formula is C35H34INO3. The number of aliphatic hydroxyl groups is 1. The van der Waals surface area contributed by atoms with Crippen LogP contribution in [0.3, 0.4) is 0 Å². The fourth-order valence-electron chi connectivity index (χ4n) is 7.34. The number of rotatable bonds is 6. The zero-order valence-electron chi connectivity index (χ0n) is 22.6. The number of amides is 1. The molecule has 0 aromatic heterocycles. The number of alkyl halides is 1. The quantitative estimate of drug-likeness (QED) is 0.184. The van der Waals surface area contributed by atoms with E-state index in [0.717, 1.165) is 17.5 Å². The van der Waals surface area contributed by atoms with Crippen molar-refractivity contribution < 1.29 is 14.6 Å². The minimum Gasteiger partial charge on any atom is -0.496 e. The molecule has 1 heterocycles. The van der Waals surface area contributed by atoms with E-state index in [9.17, 15) is 9.90 Å². The monoisotopic (exact) mass is 643 g/mol. The molecule has 1 aliphatic heterocycles. The van der Waals surface area contributed by atoms with E-state index in [4.69, 9.17) is 4.74 Å². The average molecular weight is 644 g/mol. The predicted octanol–water partition coefficient (Wildman–Crippen LogP) is 6.91. The standard InChI is InChI=1S/C35H34INO3/c1-40-31-20-12-11-19-28(31)35(39)22-21-34(26-15-7-3-8-16-26,27-17-9-4-10-18-27)29-23-37(24-30(29)35)33(38)32(36)25-13-5-2-6-14-25/h2-20,29-30,32,39H,21-24H2,1H3/t29-,30+,32?,35+/m0/s1. The van der Waals surface area contributed by atoms with Crippen molar-refractivity contribution in [1.29, 1.82) is 0 Å². The summed E-state index contributed by atoms with van der Waals surface area (Å²) in [6.07, 6.45) is 1.32. The van der Waals surface area contributed by atoms with Crippen LogP contribution in [0.4, 0.5) is 0 Å². The van der Waals surface area contributed by atoms with Crippen LogP contribution in [-0.2, 0) is 15.8 Å². The van der Waals surface area contributed by atoms with Crippen LogP contribution in [0.1, 0.15) is 39.0 Å². The molecule has 0 bridgehead atoms. The number of hydrogen-bond acceptors (Lipinski definition) is 3. The molecule has 1 unspecified atom stereocenters. The Hall–Kier alpha value is -3.16. The number of benzene rings is 4. The lowest BCUT2D eigenvalue weighted by Crippen LogP contribution is -2.53. The molecule has 1 aliphatic carbocycles. The lowest BCUT2D eigenvalue weighted by Gasteiger charge is -2.53. The second-order valence-electron chi connectivity index (χ2n) is 11.1. The van der Waals surface area contributed by atoms with Gasteiger partial charge in [0.2, 0.25) is 5.91 Å². The second kappa shape index (κ2) is 11.0. The van der Waals surface area contributed by atoms with Crippen molar-refractivity contribution in [2.75, 3.05) is 20.2 Å². The Labute approximate surface area is 250 Å². The molecule has 4 aromatic carbocycles. The van der Waals surface area contributed by atoms with Gasteiger partial charge in [-0.3, -0.25) is 4.79 Å². The largest absolute Gasteiger partial charge is 0.496 e. The van der Waals surface area contributed by atoms with Crippen molar-refractivity contribution in [2.24, 2.45) is 11.8 Å². The number of methoxy groups -OCH3 is 1. The number of fused-ring (bicyclic) bond motifs is 1. The van der Waals surface area contributed by atoms with Crippen LogP contribution in [-0.4, -0.2) is 36.1 Å². The molecule has 1 saturated heterocycles. The van der Waals surface area contributed by atoms with Gasteiger partial charge in [-0.25, -0.2) is 0 Å². The minimum absolute atomic E-state index is 0.00397. The fraction of sp³-hybridized carbons (Fsp3) is 0.286. The van der Waals surface area contributed by atoms with Crippen molar-refractivity contribution in [3.8, 4) is 5.75 Å². The normalized spacial score (nSPS) is 24.2. The highest BCUT2D eigenvalue weighted by Crippen LogP contribution is 2.60. The third-order valence-corrected chi connectivity index (χ3v) is 10.5. The summed E-state index contributed by atoms with van der Waals surface area (Å²) in [7, 11) is 1.66. The first-order valence-corrected chi connectivity index (χ1v) is 15.2. The van der Waals surface area contributed by atoms with Gasteiger partial charge in [0.15, 0.2) is 0 Å². The van der Waals surface area contributed by atoms with Crippen molar-refractivity contribution >= 4 is 28.5 Å². The molecule has 0 spiro atoms. The smallest absolute Gasteiger partial charge is 0.240 e. The minimum atomic E-state index is -1.13. The molecule has 5 heteroatoms. The number of halogens is 1. The molecule has 1 N–H and O–H groups in total. The number of para-hydroxylation sites is 1. The van der Waals surface area contributed by atoms with Crippen LogP contribution in [0.5, 0.6) is 5.75 Å². The predicted molar refractivity (Wildman–Crippen MR) is 167 cm³/mol. The van der Waals surface area contributed by atoms with Crippen LogP contribution in [0.25, 0.3) is 0 Å². The highest BCUT2D eigenvalue weighted by atomic mass is 127. The maximum Gasteiger partial charge on any atom is 0.240 e. The zero-order valence-corrected chi connectivity index (χ0v) is 24.8. The lowest BCUT2D eigenvalue weighted by molar-refractivity contribution is -0.130. The first kappa shape index (κ1) is 27.0. The van der Waals surface area contributed by atoms with E-state index < -0.39 is 5.60 Å². The lowest BCUT2D eigenvalue weighted by atomic mass is 9.52. The van der Waals surface area contributed by atoms with Crippen LogP contribution < -0.4 is 4.74 Å². The number of carbonyl (C=O) groups is 1. The first-order valence-electron chi connectivity index (χ1n) is 13.9. The average Bonchev–Trinajstić information content (AvgIpc) is 3.49.